The highest BCUT2D eigenvalue weighted by Crippen LogP contribution is 2.19. The van der Waals surface area contributed by atoms with Crippen LogP contribution in [-0.2, 0) is 14.3 Å². The average Bonchev–Trinajstić information content (AvgIpc) is 2.43. The van der Waals surface area contributed by atoms with Gasteiger partial charge in [-0.05, 0) is 24.3 Å². The normalized spacial score (nSPS) is 9.53. The molecule has 100 valence electrons. The predicted octanol–water partition coefficient (Wildman–Crippen LogP) is 2.15. The zero-order valence-corrected chi connectivity index (χ0v) is 11.2. The molecule has 1 rings (SSSR count). The van der Waals surface area contributed by atoms with E-state index in [1.165, 1.54) is 12.0 Å². The summed E-state index contributed by atoms with van der Waals surface area (Å²) in [5.74, 6) is -0.768. The molecule has 0 saturated carbocycles. The van der Waals surface area contributed by atoms with E-state index >= 15 is 0 Å². The van der Waals surface area contributed by atoms with Crippen molar-refractivity contribution in [1.29, 1.82) is 5.26 Å². The molecular weight excluding hydrogens is 268 g/mol. The summed E-state index contributed by atoms with van der Waals surface area (Å²) in [6, 6.07) is 8.48. The second-order valence-electron chi connectivity index (χ2n) is 3.69. The van der Waals surface area contributed by atoms with Gasteiger partial charge in [0.05, 0.1) is 19.6 Å². The Morgan fingerprint density at radius 2 is 1.95 bits per heavy atom. The number of benzene rings is 1. The molecule has 0 aromatic heterocycles. The Morgan fingerprint density at radius 1 is 1.32 bits per heavy atom. The number of carbonyl (C=O) groups is 2. The maximum Gasteiger partial charge on any atom is 0.306 e. The van der Waals surface area contributed by atoms with Gasteiger partial charge in [0.2, 0.25) is 5.91 Å². The molecule has 1 aromatic rings. The Kier molecular flexibility index (Phi) is 5.83. The fraction of sp³-hybridized carbons (Fsp3) is 0.308. The van der Waals surface area contributed by atoms with Crippen LogP contribution in [-0.4, -0.2) is 25.5 Å². The standard InChI is InChI=1S/C13H13ClN2O3/c1-19-13(18)7-6-12(17)16(9-8-15)11-4-2-10(14)3-5-11/h2-5H,6-7,9H2,1H3. The number of rotatable bonds is 5. The molecule has 19 heavy (non-hydrogen) atoms. The minimum Gasteiger partial charge on any atom is -0.469 e. The number of methoxy groups -OCH3 is 1. The van der Waals surface area contributed by atoms with E-state index in [0.29, 0.717) is 10.7 Å². The van der Waals surface area contributed by atoms with Crippen LogP contribution in [0.2, 0.25) is 5.02 Å². The van der Waals surface area contributed by atoms with E-state index in [0.717, 1.165) is 0 Å². The van der Waals surface area contributed by atoms with E-state index in [1.807, 2.05) is 6.07 Å². The first-order valence-corrected chi connectivity index (χ1v) is 5.96. The number of halogens is 1. The minimum absolute atomic E-state index is 0.00300. The lowest BCUT2D eigenvalue weighted by atomic mass is 10.2. The highest BCUT2D eigenvalue weighted by Gasteiger charge is 2.16. The third kappa shape index (κ3) is 4.60. The van der Waals surface area contributed by atoms with Gasteiger partial charge in [0, 0.05) is 17.1 Å². The number of nitrogens with zero attached hydrogens (tertiary/aromatic N) is 2. The van der Waals surface area contributed by atoms with E-state index in [2.05, 4.69) is 4.74 Å². The van der Waals surface area contributed by atoms with Gasteiger partial charge in [-0.25, -0.2) is 0 Å². The Hall–Kier alpha value is -2.06. The number of ether oxygens (including phenoxy) is 1. The number of nitriles is 1. The summed E-state index contributed by atoms with van der Waals surface area (Å²) < 4.78 is 4.47. The third-order valence-corrected chi connectivity index (χ3v) is 2.69. The van der Waals surface area contributed by atoms with Gasteiger partial charge in [-0.2, -0.15) is 5.26 Å². The van der Waals surface area contributed by atoms with Crippen LogP contribution in [0.15, 0.2) is 24.3 Å². The van der Waals surface area contributed by atoms with Crippen LogP contribution in [0, 0.1) is 11.3 Å². The monoisotopic (exact) mass is 280 g/mol. The van der Waals surface area contributed by atoms with Crippen LogP contribution in [0.4, 0.5) is 5.69 Å². The van der Waals surface area contributed by atoms with Crippen molar-refractivity contribution in [3.63, 3.8) is 0 Å². The van der Waals surface area contributed by atoms with Crippen molar-refractivity contribution in [3.8, 4) is 6.07 Å². The molecule has 0 radical (unpaired) electrons. The molecule has 0 N–H and O–H groups in total. The molecule has 0 heterocycles. The van der Waals surface area contributed by atoms with Crippen molar-refractivity contribution in [2.45, 2.75) is 12.8 Å². The van der Waals surface area contributed by atoms with Gasteiger partial charge in [0.1, 0.15) is 6.54 Å². The molecule has 6 heteroatoms. The summed E-state index contributed by atoms with van der Waals surface area (Å²) in [7, 11) is 1.26. The second-order valence-corrected chi connectivity index (χ2v) is 4.13. The minimum atomic E-state index is -0.457. The Balaban J connectivity index is 2.77. The first kappa shape index (κ1) is 15.0. The predicted molar refractivity (Wildman–Crippen MR) is 70.7 cm³/mol. The van der Waals surface area contributed by atoms with Crippen molar-refractivity contribution >= 4 is 29.2 Å². The first-order chi connectivity index (χ1) is 9.08. The SMILES string of the molecule is COC(=O)CCC(=O)N(CC#N)c1ccc(Cl)cc1. The van der Waals surface area contributed by atoms with Crippen molar-refractivity contribution in [2.75, 3.05) is 18.6 Å². The number of amides is 1. The molecule has 0 saturated heterocycles. The van der Waals surface area contributed by atoms with Crippen LogP contribution >= 0.6 is 11.6 Å². The molecule has 0 aliphatic carbocycles. The lowest BCUT2D eigenvalue weighted by Gasteiger charge is -2.19. The number of hydrogen-bond acceptors (Lipinski definition) is 4. The smallest absolute Gasteiger partial charge is 0.306 e. The molecule has 0 unspecified atom stereocenters. The maximum absolute atomic E-state index is 12.0. The highest BCUT2D eigenvalue weighted by atomic mass is 35.5. The number of hydrogen-bond donors (Lipinski definition) is 0. The Bertz CT molecular complexity index is 494. The van der Waals surface area contributed by atoms with Crippen LogP contribution < -0.4 is 4.90 Å². The summed E-state index contributed by atoms with van der Waals surface area (Å²) in [4.78, 5) is 24.3. The van der Waals surface area contributed by atoms with Crippen molar-refractivity contribution in [2.24, 2.45) is 0 Å². The van der Waals surface area contributed by atoms with Gasteiger partial charge in [-0.1, -0.05) is 11.6 Å². The summed E-state index contributed by atoms with van der Waals surface area (Å²) in [5.41, 5.74) is 0.570. The summed E-state index contributed by atoms with van der Waals surface area (Å²) in [5, 5.41) is 9.31. The number of esters is 1. The van der Waals surface area contributed by atoms with Crippen LogP contribution in [0.3, 0.4) is 0 Å². The zero-order chi connectivity index (χ0) is 14.3. The first-order valence-electron chi connectivity index (χ1n) is 5.58. The largest absolute Gasteiger partial charge is 0.469 e. The molecule has 0 atom stereocenters. The number of anilines is 1. The fourth-order valence-corrected chi connectivity index (χ4v) is 1.59. The quantitative estimate of drug-likeness (QED) is 0.612. The van der Waals surface area contributed by atoms with E-state index in [4.69, 9.17) is 16.9 Å². The molecule has 1 amide bonds. The summed E-state index contributed by atoms with van der Waals surface area (Å²) in [6.07, 6.45) is -0.0121. The highest BCUT2D eigenvalue weighted by molar-refractivity contribution is 6.30. The molecule has 0 fully saturated rings. The van der Waals surface area contributed by atoms with Crippen LogP contribution in [0.25, 0.3) is 0 Å². The molecule has 1 aromatic carbocycles. The molecular formula is C13H13ClN2O3. The number of carbonyl (C=O) groups excluding carboxylic acids is 2. The summed E-state index contributed by atoms with van der Waals surface area (Å²) >= 11 is 5.76. The zero-order valence-electron chi connectivity index (χ0n) is 10.4. The molecule has 0 aliphatic rings. The van der Waals surface area contributed by atoms with E-state index in [-0.39, 0.29) is 25.3 Å². The van der Waals surface area contributed by atoms with Crippen molar-refractivity contribution in [3.05, 3.63) is 29.3 Å². The maximum atomic E-state index is 12.0. The molecule has 0 bridgehead atoms. The average molecular weight is 281 g/mol. The van der Waals surface area contributed by atoms with Crippen LogP contribution in [0.1, 0.15) is 12.8 Å². The topological polar surface area (TPSA) is 70.4 Å². The Labute approximate surface area is 116 Å². The van der Waals surface area contributed by atoms with E-state index in [1.54, 1.807) is 24.3 Å². The third-order valence-electron chi connectivity index (χ3n) is 2.44. The lowest BCUT2D eigenvalue weighted by Crippen LogP contribution is -2.31. The van der Waals surface area contributed by atoms with Crippen molar-refractivity contribution < 1.29 is 14.3 Å². The second kappa shape index (κ2) is 7.39. The van der Waals surface area contributed by atoms with Crippen molar-refractivity contribution in [1.82, 2.24) is 0 Å². The van der Waals surface area contributed by atoms with Gasteiger partial charge in [0.25, 0.3) is 0 Å². The van der Waals surface area contributed by atoms with Gasteiger partial charge in [-0.15, -0.1) is 0 Å². The molecule has 0 spiro atoms. The van der Waals surface area contributed by atoms with Crippen LogP contribution in [0.5, 0.6) is 0 Å². The molecule has 5 nitrogen and oxygen atoms in total. The van der Waals surface area contributed by atoms with Gasteiger partial charge < -0.3 is 4.74 Å². The molecule has 0 aliphatic heterocycles. The van der Waals surface area contributed by atoms with E-state index < -0.39 is 5.97 Å². The van der Waals surface area contributed by atoms with Gasteiger partial charge in [0.15, 0.2) is 0 Å². The van der Waals surface area contributed by atoms with E-state index in [9.17, 15) is 9.59 Å². The summed E-state index contributed by atoms with van der Waals surface area (Å²) in [6.45, 7) is -0.0817. The van der Waals surface area contributed by atoms with Gasteiger partial charge in [-0.3, -0.25) is 14.5 Å². The van der Waals surface area contributed by atoms with Gasteiger partial charge >= 0.3 is 5.97 Å². The lowest BCUT2D eigenvalue weighted by molar-refractivity contribution is -0.141. The fourth-order valence-electron chi connectivity index (χ4n) is 1.46. The Morgan fingerprint density at radius 3 is 2.47 bits per heavy atom.